The normalized spacial score (nSPS) is 22.7. The van der Waals surface area contributed by atoms with Crippen LogP contribution in [0.4, 0.5) is 11.6 Å². The fourth-order valence-electron chi connectivity index (χ4n) is 11.1. The standard InChI is InChI=1S/C34H36N4O7S.C33H35N5O5S.CH2Cl2/c1-33(44-22-26-16-10-5-11-17-26)30(43-21-25-14-8-4-9-15-25)28(23-42-20-24-12-6-3-7-13-24)45-34(33,39)29-19-18-27-31(35)36-32(37-38(27)29)46(2,40)41;1-32(42-21-25-16-10-5-11-17-25)28(41-20-24-14-8-4-9-15-24)26(22-40-19-23-12-6-3-7-13-23)43-33(32,39)27-18-35-30-29(34)36-31(44-2)37-38(27)30;2-1-3/h3-19,28,30,39H,20-23H2,1-2H3,(H2,35,36,37);3-18,26,28,39H,19-22H2,1-2H3,(H2,34,36,37);1H2/t28-,30-,33-,34?;26-,28-,32-,33?;/m11./s1. The Balaban J connectivity index is 0.000000195. The number of hydrogen-bond acceptors (Lipinski definition) is 20. The van der Waals surface area contributed by atoms with E-state index in [1.54, 1.807) is 26.0 Å². The molecule has 93 heavy (non-hydrogen) atoms. The minimum atomic E-state index is -3.85. The Morgan fingerprint density at radius 1 is 0.538 bits per heavy atom. The Morgan fingerprint density at radius 3 is 1.32 bits per heavy atom. The summed E-state index contributed by atoms with van der Waals surface area (Å²) in [7, 11) is -3.85. The van der Waals surface area contributed by atoms with Crippen molar-refractivity contribution in [3.05, 3.63) is 245 Å². The topological polar surface area (TPSA) is 274 Å². The van der Waals surface area contributed by atoms with Crippen molar-refractivity contribution in [2.75, 3.05) is 42.5 Å². The van der Waals surface area contributed by atoms with Crippen LogP contribution < -0.4 is 11.5 Å². The van der Waals surface area contributed by atoms with Crippen LogP contribution in [0.2, 0.25) is 0 Å². The highest BCUT2D eigenvalue weighted by Gasteiger charge is 2.68. The minimum absolute atomic E-state index is 0.0516. The van der Waals surface area contributed by atoms with Gasteiger partial charge in [0.25, 0.3) is 5.16 Å². The van der Waals surface area contributed by atoms with E-state index in [9.17, 15) is 18.6 Å². The molecular weight excluding hydrogens is 1270 g/mol. The van der Waals surface area contributed by atoms with E-state index in [4.69, 9.17) is 72.6 Å². The number of imidazole rings is 1. The van der Waals surface area contributed by atoms with Crippen molar-refractivity contribution in [2.45, 2.75) is 111 Å². The van der Waals surface area contributed by atoms with Gasteiger partial charge in [0.15, 0.2) is 28.5 Å². The van der Waals surface area contributed by atoms with Gasteiger partial charge in [0.1, 0.15) is 41.3 Å². The Kier molecular flexibility index (Phi) is 22.6. The first kappa shape index (κ1) is 68.4. The molecule has 0 aliphatic carbocycles. The highest BCUT2D eigenvalue weighted by Crippen LogP contribution is 2.52. The van der Waals surface area contributed by atoms with Crippen molar-refractivity contribution in [3.63, 3.8) is 0 Å². The molecule has 21 nitrogen and oxygen atoms in total. The molecule has 2 saturated heterocycles. The number of anilines is 2. The maximum Gasteiger partial charge on any atom is 0.267 e. The Bertz CT molecular complexity index is 4130. The Labute approximate surface area is 553 Å². The van der Waals surface area contributed by atoms with E-state index in [2.05, 4.69) is 25.1 Å². The lowest BCUT2D eigenvalue weighted by atomic mass is 9.87. The van der Waals surface area contributed by atoms with Gasteiger partial charge in [-0.1, -0.05) is 194 Å². The summed E-state index contributed by atoms with van der Waals surface area (Å²) in [6.45, 7) is 5.13. The van der Waals surface area contributed by atoms with Crippen molar-refractivity contribution in [1.29, 1.82) is 0 Å². The first-order valence-corrected chi connectivity index (χ1v) is 33.8. The number of nitrogens with two attached hydrogens (primary N) is 2. The van der Waals surface area contributed by atoms with E-state index in [0.717, 1.165) is 39.6 Å². The van der Waals surface area contributed by atoms with Crippen molar-refractivity contribution >= 4 is 67.6 Å². The third-order valence-electron chi connectivity index (χ3n) is 15.9. The van der Waals surface area contributed by atoms with Crippen LogP contribution in [0.1, 0.15) is 58.6 Å². The van der Waals surface area contributed by atoms with Crippen LogP contribution in [0.25, 0.3) is 11.2 Å². The maximum absolute atomic E-state index is 12.7. The summed E-state index contributed by atoms with van der Waals surface area (Å²) in [6, 6.07) is 61.5. The summed E-state index contributed by atoms with van der Waals surface area (Å²) in [5.74, 6) is -4.18. The number of nitrogen functional groups attached to an aromatic ring is 2. The highest BCUT2D eigenvalue weighted by atomic mass is 35.5. The van der Waals surface area contributed by atoms with Gasteiger partial charge in [-0.3, -0.25) is 0 Å². The quantitative estimate of drug-likeness (QED) is 0.0323. The number of alkyl halides is 2. The van der Waals surface area contributed by atoms with Gasteiger partial charge < -0.3 is 59.6 Å². The molecule has 0 radical (unpaired) electrons. The predicted molar refractivity (Wildman–Crippen MR) is 353 cm³/mol. The minimum Gasteiger partial charge on any atom is -0.382 e. The summed E-state index contributed by atoms with van der Waals surface area (Å²) in [5.41, 5.74) is 16.0. The molecule has 10 aromatic rings. The van der Waals surface area contributed by atoms with Gasteiger partial charge in [0.05, 0.1) is 64.4 Å². The summed E-state index contributed by atoms with van der Waals surface area (Å²) < 4.78 is 79.5. The predicted octanol–water partition coefficient (Wildman–Crippen LogP) is 10.2. The molecule has 6 heterocycles. The molecule has 25 heteroatoms. The Hall–Kier alpha value is -7.43. The number of halogens is 2. The summed E-state index contributed by atoms with van der Waals surface area (Å²) >= 11 is 10.9. The molecule has 0 saturated carbocycles. The van der Waals surface area contributed by atoms with Gasteiger partial charge >= 0.3 is 0 Å². The SMILES string of the molecule is CSc1nc(N)c2ncc(C3(O)O[C@H](COCc4ccccc4)[C@@H](OCc4ccccc4)[C@@]3(C)OCc3ccccc3)n2n1.C[C@@]1(OCc2ccccc2)[C@H](OCc2ccccc2)[C@@H](COCc2ccccc2)OC1(O)c1ccc2c(N)nc(S(C)(=O)=O)nn12.ClCCl. The molecule has 2 aliphatic rings. The number of ether oxygens (including phenoxy) is 8. The lowest BCUT2D eigenvalue weighted by Gasteiger charge is -2.40. The second-order valence-electron chi connectivity index (χ2n) is 22.3. The van der Waals surface area contributed by atoms with Crippen molar-refractivity contribution in [3.8, 4) is 0 Å². The van der Waals surface area contributed by atoms with Crippen LogP contribution in [0.3, 0.4) is 0 Å². The first-order chi connectivity index (χ1) is 44.9. The average molecular weight is 1340 g/mol. The number of benzene rings is 6. The molecule has 2 aliphatic heterocycles. The molecule has 2 unspecified atom stereocenters. The highest BCUT2D eigenvalue weighted by molar-refractivity contribution is 7.98. The number of nitrogens with zero attached hydrogens (tertiary/aromatic N) is 7. The molecule has 4 aromatic heterocycles. The third-order valence-corrected chi connectivity index (χ3v) is 17.3. The lowest BCUT2D eigenvalue weighted by molar-refractivity contribution is -0.294. The zero-order chi connectivity index (χ0) is 65.6. The van der Waals surface area contributed by atoms with E-state index >= 15 is 0 Å². The molecule has 0 spiro atoms. The number of aromatic nitrogens is 7. The summed E-state index contributed by atoms with van der Waals surface area (Å²) in [4.78, 5) is 12.7. The van der Waals surface area contributed by atoms with Crippen LogP contribution >= 0.6 is 35.0 Å². The van der Waals surface area contributed by atoms with E-state index < -0.39 is 62.2 Å². The van der Waals surface area contributed by atoms with Crippen LogP contribution in [0.15, 0.2) is 211 Å². The van der Waals surface area contributed by atoms with Gasteiger partial charge in [-0.25, -0.2) is 27.4 Å². The fourth-order valence-corrected chi connectivity index (χ4v) is 12.0. The van der Waals surface area contributed by atoms with Gasteiger partial charge in [-0.15, -0.1) is 33.4 Å². The smallest absolute Gasteiger partial charge is 0.267 e. The second-order valence-corrected chi connectivity index (χ2v) is 25.8. The van der Waals surface area contributed by atoms with Gasteiger partial charge in [-0.2, -0.15) is 4.98 Å². The molecule has 0 bridgehead atoms. The van der Waals surface area contributed by atoms with Gasteiger partial charge in [0, 0.05) is 6.26 Å². The molecule has 488 valence electrons. The monoisotopic (exact) mass is 1340 g/mol. The zero-order valence-electron chi connectivity index (χ0n) is 51.6. The van der Waals surface area contributed by atoms with Crippen LogP contribution in [-0.2, 0) is 98.9 Å². The maximum atomic E-state index is 12.7. The number of fused-ring (bicyclic) bond motifs is 2. The summed E-state index contributed by atoms with van der Waals surface area (Å²) in [6.07, 6.45) is 1.15. The van der Waals surface area contributed by atoms with Crippen molar-refractivity contribution in [1.82, 2.24) is 34.2 Å². The number of aliphatic hydroxyl groups is 2. The summed E-state index contributed by atoms with van der Waals surface area (Å²) in [5, 5.41) is 34.4. The van der Waals surface area contributed by atoms with Crippen LogP contribution in [0, 0.1) is 0 Å². The second kappa shape index (κ2) is 30.8. The Morgan fingerprint density at radius 2 is 0.925 bits per heavy atom. The molecule has 6 aromatic carbocycles. The number of rotatable bonds is 24. The fraction of sp³-hybridized carbons (Fsp3) is 0.309. The zero-order valence-corrected chi connectivity index (χ0v) is 54.7. The van der Waals surface area contributed by atoms with E-state index in [0.29, 0.717) is 24.0 Å². The van der Waals surface area contributed by atoms with Crippen molar-refractivity contribution in [2.24, 2.45) is 0 Å². The molecule has 2 fully saturated rings. The van der Waals surface area contributed by atoms with Gasteiger partial charge in [-0.05, 0) is 65.6 Å². The molecule has 12 rings (SSSR count). The van der Waals surface area contributed by atoms with E-state index in [1.807, 2.05) is 188 Å². The number of thioether (sulfide) groups is 1. The van der Waals surface area contributed by atoms with Crippen molar-refractivity contribution < 1.29 is 56.5 Å². The molecular formula is C68H73Cl2N9O12S2. The number of sulfone groups is 1. The lowest BCUT2D eigenvalue weighted by Crippen LogP contribution is -2.55. The number of hydrogen-bond donors (Lipinski definition) is 4. The van der Waals surface area contributed by atoms with E-state index in [1.165, 1.54) is 27.0 Å². The molecule has 8 atom stereocenters. The largest absolute Gasteiger partial charge is 0.382 e. The van der Waals surface area contributed by atoms with Crippen LogP contribution in [-0.4, -0.2) is 119 Å². The first-order valence-electron chi connectivity index (χ1n) is 29.6. The molecule has 6 N–H and O–H groups in total. The molecule has 0 amide bonds. The third kappa shape index (κ3) is 15.5. The average Bonchev–Trinajstić information content (AvgIpc) is 1.58. The van der Waals surface area contributed by atoms with Crippen LogP contribution in [0.5, 0.6) is 0 Å². The van der Waals surface area contributed by atoms with Gasteiger partial charge in [0.2, 0.25) is 26.6 Å². The van der Waals surface area contributed by atoms with E-state index in [-0.39, 0.29) is 73.5 Å².